The third-order valence-electron chi connectivity index (χ3n) is 5.91. The van der Waals surface area contributed by atoms with Gasteiger partial charge in [0.2, 0.25) is 12.0 Å². The Balaban J connectivity index is 1.15. The monoisotopic (exact) mass is 471 g/mol. The van der Waals surface area contributed by atoms with Crippen LogP contribution in [0.3, 0.4) is 0 Å². The van der Waals surface area contributed by atoms with Gasteiger partial charge in [-0.1, -0.05) is 23.7 Å². The fourth-order valence-corrected chi connectivity index (χ4v) is 4.30. The number of ether oxygens (including phenoxy) is 2. The van der Waals surface area contributed by atoms with Crippen LogP contribution in [0.5, 0.6) is 11.5 Å². The summed E-state index contributed by atoms with van der Waals surface area (Å²) in [5, 5.41) is 0.473. The van der Waals surface area contributed by atoms with E-state index >= 15 is 0 Å². The number of nitrogens with zero attached hydrogens (tertiary/aromatic N) is 3. The van der Waals surface area contributed by atoms with Gasteiger partial charge in [-0.15, -0.1) is 0 Å². The molecule has 0 aliphatic carbocycles. The maximum Gasteiger partial charge on any atom is 0.419 e. The molecule has 0 saturated carbocycles. The van der Waals surface area contributed by atoms with Crippen LogP contribution in [0.25, 0.3) is 11.1 Å². The molecule has 0 bridgehead atoms. The minimum Gasteiger partial charge on any atom is -0.485 e. The highest BCUT2D eigenvalue weighted by Crippen LogP contribution is 2.31. The van der Waals surface area contributed by atoms with Crippen molar-refractivity contribution in [2.45, 2.75) is 19.1 Å². The zero-order chi connectivity index (χ0) is 22.9. The largest absolute Gasteiger partial charge is 0.485 e. The van der Waals surface area contributed by atoms with Crippen LogP contribution in [-0.4, -0.2) is 65.1 Å². The maximum absolute atomic E-state index is 12.9. The molecule has 1 aromatic heterocycles. The highest BCUT2D eigenvalue weighted by Gasteiger charge is 2.33. The lowest BCUT2D eigenvalue weighted by Gasteiger charge is -2.37. The predicted molar refractivity (Wildman–Crippen MR) is 120 cm³/mol. The quantitative estimate of drug-likeness (QED) is 0.578. The maximum atomic E-state index is 12.9. The fourth-order valence-electron chi connectivity index (χ4n) is 4.14. The Morgan fingerprint density at radius 3 is 2.52 bits per heavy atom. The summed E-state index contributed by atoms with van der Waals surface area (Å²) in [6, 6.07) is 12.2. The molecule has 2 aliphatic heterocycles. The lowest BCUT2D eigenvalue weighted by Crippen LogP contribution is -2.55. The Morgan fingerprint density at radius 2 is 1.73 bits per heavy atom. The molecule has 0 spiro atoms. The van der Waals surface area contributed by atoms with E-state index in [0.29, 0.717) is 53.8 Å². The van der Waals surface area contributed by atoms with Crippen molar-refractivity contribution < 1.29 is 23.5 Å². The van der Waals surface area contributed by atoms with Crippen molar-refractivity contribution in [1.82, 2.24) is 14.4 Å². The van der Waals surface area contributed by atoms with Crippen molar-refractivity contribution in [1.29, 1.82) is 0 Å². The third kappa shape index (κ3) is 4.28. The van der Waals surface area contributed by atoms with Crippen molar-refractivity contribution in [2.24, 2.45) is 0 Å². The molecule has 2 aromatic carbocycles. The van der Waals surface area contributed by atoms with Crippen LogP contribution in [0, 0.1) is 0 Å². The van der Waals surface area contributed by atoms with Crippen LogP contribution >= 0.6 is 11.6 Å². The van der Waals surface area contributed by atoms with Gasteiger partial charge in [0.05, 0.1) is 5.52 Å². The van der Waals surface area contributed by atoms with E-state index in [1.807, 2.05) is 12.1 Å². The number of carbonyl (C=O) groups is 2. The van der Waals surface area contributed by atoms with Crippen LogP contribution in [0.4, 0.5) is 0 Å². The molecule has 1 unspecified atom stereocenters. The fraction of sp³-hybridized carbons (Fsp3) is 0.348. The summed E-state index contributed by atoms with van der Waals surface area (Å²) in [6.07, 6.45) is -0.543. The number of aromatic nitrogens is 1. The smallest absolute Gasteiger partial charge is 0.419 e. The molecule has 0 N–H and O–H groups in total. The molecule has 5 rings (SSSR count). The standard InChI is InChI=1S/C23H22ClN3O6/c24-15-5-6-16-19(13-15)33-23(30)27(16)8-7-21(28)25-9-11-26(12-10-25)22(29)20-14-31-17-3-1-2-4-18(17)32-20/h1-6,13,20H,7-12,14H2. The lowest BCUT2D eigenvalue weighted by atomic mass is 10.2. The van der Waals surface area contributed by atoms with E-state index in [1.54, 1.807) is 40.1 Å². The van der Waals surface area contributed by atoms with Gasteiger partial charge in [0.15, 0.2) is 17.1 Å². The van der Waals surface area contributed by atoms with Gasteiger partial charge in [-0.05, 0) is 24.3 Å². The summed E-state index contributed by atoms with van der Waals surface area (Å²) in [4.78, 5) is 41.1. The van der Waals surface area contributed by atoms with Gasteiger partial charge >= 0.3 is 5.76 Å². The van der Waals surface area contributed by atoms with Gasteiger partial charge in [0.25, 0.3) is 5.91 Å². The first-order valence-electron chi connectivity index (χ1n) is 10.7. The second kappa shape index (κ2) is 8.82. The SMILES string of the molecule is O=C(CCn1c(=O)oc2cc(Cl)ccc21)N1CCN(C(=O)C2COc3ccccc3O2)CC1. The van der Waals surface area contributed by atoms with Gasteiger partial charge in [-0.25, -0.2) is 4.79 Å². The molecule has 1 saturated heterocycles. The summed E-state index contributed by atoms with van der Waals surface area (Å²) < 4.78 is 18.1. The first-order valence-corrected chi connectivity index (χ1v) is 11.1. The number of amides is 2. The molecule has 3 heterocycles. The minimum atomic E-state index is -0.697. The van der Waals surface area contributed by atoms with Gasteiger partial charge < -0.3 is 23.7 Å². The molecule has 3 aromatic rings. The summed E-state index contributed by atoms with van der Waals surface area (Å²) in [7, 11) is 0. The average Bonchev–Trinajstić information content (AvgIpc) is 3.15. The first kappa shape index (κ1) is 21.4. The zero-order valence-electron chi connectivity index (χ0n) is 17.7. The molecule has 9 nitrogen and oxygen atoms in total. The highest BCUT2D eigenvalue weighted by molar-refractivity contribution is 6.31. The zero-order valence-corrected chi connectivity index (χ0v) is 18.5. The lowest BCUT2D eigenvalue weighted by molar-refractivity contribution is -0.146. The summed E-state index contributed by atoms with van der Waals surface area (Å²) in [5.41, 5.74) is 0.993. The number of halogens is 1. The van der Waals surface area contributed by atoms with Gasteiger partial charge in [0.1, 0.15) is 6.61 Å². The van der Waals surface area contributed by atoms with Gasteiger partial charge in [-0.3, -0.25) is 14.2 Å². The van der Waals surface area contributed by atoms with Crippen molar-refractivity contribution in [3.05, 3.63) is 58.0 Å². The number of carbonyl (C=O) groups excluding carboxylic acids is 2. The number of fused-ring (bicyclic) bond motifs is 2. The second-order valence-electron chi connectivity index (χ2n) is 7.95. The van der Waals surface area contributed by atoms with E-state index in [4.69, 9.17) is 25.5 Å². The van der Waals surface area contributed by atoms with E-state index in [9.17, 15) is 14.4 Å². The number of oxazole rings is 1. The Kier molecular flexibility index (Phi) is 5.72. The minimum absolute atomic E-state index is 0.0801. The Labute approximate surface area is 194 Å². The molecule has 1 fully saturated rings. The molecule has 33 heavy (non-hydrogen) atoms. The number of hydrogen-bond donors (Lipinski definition) is 0. The van der Waals surface area contributed by atoms with E-state index in [1.165, 1.54) is 4.57 Å². The Hall–Kier alpha value is -3.46. The van der Waals surface area contributed by atoms with Gasteiger partial charge in [0, 0.05) is 50.2 Å². The van der Waals surface area contributed by atoms with Crippen LogP contribution < -0.4 is 15.2 Å². The van der Waals surface area contributed by atoms with Crippen molar-refractivity contribution >= 4 is 34.5 Å². The topological polar surface area (TPSA) is 94.2 Å². The summed E-state index contributed by atoms with van der Waals surface area (Å²) in [5.74, 6) is 0.437. The predicted octanol–water partition coefficient (Wildman–Crippen LogP) is 2.15. The van der Waals surface area contributed by atoms with Crippen LogP contribution in [0.15, 0.2) is 51.7 Å². The molecule has 2 amide bonds. The summed E-state index contributed by atoms with van der Waals surface area (Å²) >= 11 is 5.94. The van der Waals surface area contributed by atoms with Gasteiger partial charge in [-0.2, -0.15) is 0 Å². The number of benzene rings is 2. The van der Waals surface area contributed by atoms with E-state index < -0.39 is 11.9 Å². The van der Waals surface area contributed by atoms with Crippen LogP contribution in [-0.2, 0) is 16.1 Å². The number of rotatable bonds is 4. The van der Waals surface area contributed by atoms with Crippen LogP contribution in [0.2, 0.25) is 5.02 Å². The van der Waals surface area contributed by atoms with E-state index in [0.717, 1.165) is 0 Å². The number of hydrogen-bond acceptors (Lipinski definition) is 6. The second-order valence-corrected chi connectivity index (χ2v) is 8.39. The molecular formula is C23H22ClN3O6. The third-order valence-corrected chi connectivity index (χ3v) is 6.14. The number of piperazine rings is 1. The molecule has 2 aliphatic rings. The van der Waals surface area contributed by atoms with Crippen molar-refractivity contribution in [3.63, 3.8) is 0 Å². The molecule has 10 heteroatoms. The van der Waals surface area contributed by atoms with Crippen LogP contribution in [0.1, 0.15) is 6.42 Å². The average molecular weight is 472 g/mol. The highest BCUT2D eigenvalue weighted by atomic mass is 35.5. The normalized spacial score (nSPS) is 17.9. The molecule has 1 atom stereocenters. The Bertz CT molecular complexity index is 1260. The van der Waals surface area contributed by atoms with Crippen molar-refractivity contribution in [3.8, 4) is 11.5 Å². The van der Waals surface area contributed by atoms with E-state index in [-0.39, 0.29) is 31.4 Å². The molecule has 172 valence electrons. The Morgan fingerprint density at radius 1 is 1.00 bits per heavy atom. The number of para-hydroxylation sites is 2. The first-order chi connectivity index (χ1) is 16.0. The molecule has 0 radical (unpaired) electrons. The summed E-state index contributed by atoms with van der Waals surface area (Å²) in [6.45, 7) is 2.04. The van der Waals surface area contributed by atoms with Crippen molar-refractivity contribution in [2.75, 3.05) is 32.8 Å². The number of aryl methyl sites for hydroxylation is 1. The molecular weight excluding hydrogens is 450 g/mol. The van der Waals surface area contributed by atoms with E-state index in [2.05, 4.69) is 0 Å².